The monoisotopic (exact) mass is 834 g/mol. The van der Waals surface area contributed by atoms with E-state index in [1.54, 1.807) is 36.4 Å². The molecule has 4 heterocycles. The van der Waals surface area contributed by atoms with E-state index in [9.17, 15) is 17.2 Å². The van der Waals surface area contributed by atoms with Crippen LogP contribution in [-0.2, 0) is 33.8 Å². The Morgan fingerprint density at radius 1 is 0.633 bits per heavy atom. The van der Waals surface area contributed by atoms with Crippen molar-refractivity contribution in [3.8, 4) is 0 Å². The summed E-state index contributed by atoms with van der Waals surface area (Å²) in [4.78, 5) is 5.07. The Kier molecular flexibility index (Phi) is 13.8. The fraction of sp³-hybridized carbons (Fsp3) is 0.400. The Morgan fingerprint density at radius 2 is 1.13 bits per heavy atom. The molecule has 9 rings (SSSR count). The molecule has 2 N–H and O–H groups in total. The van der Waals surface area contributed by atoms with Gasteiger partial charge in [0.05, 0.1) is 4.90 Å². The summed E-state index contributed by atoms with van der Waals surface area (Å²) in [5.74, 6) is -0.369. The molecule has 0 saturated carbocycles. The Morgan fingerprint density at radius 3 is 1.72 bits per heavy atom. The van der Waals surface area contributed by atoms with Crippen LogP contribution in [0.4, 0.5) is 20.2 Å². The van der Waals surface area contributed by atoms with Crippen molar-refractivity contribution in [3.63, 3.8) is 0 Å². The lowest BCUT2D eigenvalue weighted by Crippen LogP contribution is -2.48. The van der Waals surface area contributed by atoms with E-state index in [0.717, 1.165) is 80.9 Å². The number of hydrogen-bond acceptors (Lipinski definition) is 7. The number of anilines is 2. The predicted octanol–water partition coefficient (Wildman–Crippen LogP) is 11.1. The molecule has 7 nitrogen and oxygen atoms in total. The van der Waals surface area contributed by atoms with Crippen molar-refractivity contribution in [1.82, 2.24) is 9.80 Å². The molecular formula is C50H60F2N4O3S. The molecule has 318 valence electrons. The smallest absolute Gasteiger partial charge is 0.297 e. The molecule has 4 aliphatic heterocycles. The minimum absolute atomic E-state index is 0. The summed E-state index contributed by atoms with van der Waals surface area (Å²) in [7, 11) is -3.89. The van der Waals surface area contributed by atoms with Crippen molar-refractivity contribution >= 4 is 21.5 Å². The molecule has 2 spiro atoms. The third-order valence-electron chi connectivity index (χ3n) is 12.9. The predicted molar refractivity (Wildman–Crippen MR) is 239 cm³/mol. The molecule has 4 aliphatic rings. The van der Waals surface area contributed by atoms with Gasteiger partial charge in [0.1, 0.15) is 17.7 Å². The van der Waals surface area contributed by atoms with E-state index in [2.05, 4.69) is 44.7 Å². The molecule has 5 aromatic carbocycles. The van der Waals surface area contributed by atoms with Gasteiger partial charge < -0.3 is 10.6 Å². The first-order valence-corrected chi connectivity index (χ1v) is 22.6. The molecule has 2 saturated heterocycles. The minimum Gasteiger partial charge on any atom is -0.379 e. The Labute approximate surface area is 356 Å². The number of hydrogen-bond donors (Lipinski definition) is 2. The van der Waals surface area contributed by atoms with Gasteiger partial charge in [0.25, 0.3) is 10.1 Å². The van der Waals surface area contributed by atoms with Crippen LogP contribution < -0.4 is 10.6 Å². The number of halogens is 2. The molecule has 0 amide bonds. The molecule has 10 heteroatoms. The van der Waals surface area contributed by atoms with Gasteiger partial charge in [-0.25, -0.2) is 8.78 Å². The first kappa shape index (κ1) is 43.5. The summed E-state index contributed by atoms with van der Waals surface area (Å²) in [6, 6.07) is 37.0. The highest BCUT2D eigenvalue weighted by Gasteiger charge is 2.40. The maximum absolute atomic E-state index is 13.2. The number of rotatable bonds is 7. The van der Waals surface area contributed by atoms with Gasteiger partial charge in [-0.2, -0.15) is 8.42 Å². The van der Waals surface area contributed by atoms with Gasteiger partial charge >= 0.3 is 0 Å². The summed E-state index contributed by atoms with van der Waals surface area (Å²) >= 11 is 0. The number of nitrogens with zero attached hydrogens (tertiary/aromatic N) is 2. The zero-order chi connectivity index (χ0) is 40.9. The summed E-state index contributed by atoms with van der Waals surface area (Å²) in [6.07, 6.45) is 8.86. The van der Waals surface area contributed by atoms with Gasteiger partial charge in [0, 0.05) is 67.3 Å². The lowest BCUT2D eigenvalue weighted by molar-refractivity contribution is 0.143. The van der Waals surface area contributed by atoms with E-state index in [1.165, 1.54) is 61.1 Å². The van der Waals surface area contributed by atoms with Crippen molar-refractivity contribution in [1.29, 1.82) is 0 Å². The van der Waals surface area contributed by atoms with Crippen LogP contribution in [0.3, 0.4) is 0 Å². The van der Waals surface area contributed by atoms with Crippen LogP contribution in [0.25, 0.3) is 0 Å². The van der Waals surface area contributed by atoms with Crippen molar-refractivity contribution < 1.29 is 21.4 Å². The molecule has 0 radical (unpaired) electrons. The van der Waals surface area contributed by atoms with Crippen LogP contribution >= 0.6 is 0 Å². The van der Waals surface area contributed by atoms with Crippen LogP contribution in [0.15, 0.2) is 126 Å². The van der Waals surface area contributed by atoms with Gasteiger partial charge in [0.2, 0.25) is 0 Å². The standard InChI is InChI=1S/C28H31FN2O3S.C21H25FN2.CH4/c1-21-6-12-24(13-7-21)35(32,33)34-27-14-15-28(30-26-5-3-2-4-25(26)27)16-18-31(19-17-28)20-22-8-10-23(29)11-9-22;22-19-9-7-17(8-10-19)16-24-14-12-21(13-15-24)11-3-5-18-4-1-2-6-20(18)23-21;/h2-13,27,30H,14-20H2,1H3;1-2,4,6-10,23H,3,5,11-16H2;1H4. The first-order valence-electron chi connectivity index (χ1n) is 21.2. The average molecular weight is 835 g/mol. The van der Waals surface area contributed by atoms with Crippen LogP contribution in [-0.4, -0.2) is 55.5 Å². The summed E-state index contributed by atoms with van der Waals surface area (Å²) < 4.78 is 58.3. The van der Waals surface area contributed by atoms with Crippen LogP contribution in [0.2, 0.25) is 0 Å². The maximum atomic E-state index is 13.2. The molecule has 1 unspecified atom stereocenters. The van der Waals surface area contributed by atoms with E-state index in [-0.39, 0.29) is 35.0 Å². The Hall–Kier alpha value is -4.61. The molecule has 2 fully saturated rings. The first-order chi connectivity index (χ1) is 28.5. The second kappa shape index (κ2) is 19.0. The largest absolute Gasteiger partial charge is 0.379 e. The topological polar surface area (TPSA) is 73.9 Å². The van der Waals surface area contributed by atoms with E-state index in [1.807, 2.05) is 55.5 Å². The van der Waals surface area contributed by atoms with Gasteiger partial charge in [-0.05, 0) is 130 Å². The quantitative estimate of drug-likeness (QED) is 0.158. The third-order valence-corrected chi connectivity index (χ3v) is 14.3. The summed E-state index contributed by atoms with van der Waals surface area (Å²) in [6.45, 7) is 7.69. The lowest BCUT2D eigenvalue weighted by Gasteiger charge is -2.42. The van der Waals surface area contributed by atoms with E-state index < -0.39 is 16.2 Å². The molecule has 60 heavy (non-hydrogen) atoms. The highest BCUT2D eigenvalue weighted by Crippen LogP contribution is 2.43. The van der Waals surface area contributed by atoms with Crippen molar-refractivity contribution in [2.75, 3.05) is 36.8 Å². The maximum Gasteiger partial charge on any atom is 0.297 e. The zero-order valence-electron chi connectivity index (χ0n) is 34.0. The molecule has 0 aliphatic carbocycles. The molecule has 1 atom stereocenters. The van der Waals surface area contributed by atoms with Gasteiger partial charge in [0.15, 0.2) is 0 Å². The van der Waals surface area contributed by atoms with Gasteiger partial charge in [-0.3, -0.25) is 14.0 Å². The molecular weight excluding hydrogens is 775 g/mol. The molecule has 5 aromatic rings. The Bertz CT molecular complexity index is 2270. The van der Waals surface area contributed by atoms with Gasteiger partial charge in [-0.15, -0.1) is 0 Å². The average Bonchev–Trinajstić information content (AvgIpc) is 3.51. The Balaban J connectivity index is 0.000000191. The molecule has 0 aromatic heterocycles. The van der Waals surface area contributed by atoms with Gasteiger partial charge in [-0.1, -0.05) is 85.8 Å². The summed E-state index contributed by atoms with van der Waals surface area (Å²) in [5.41, 5.74) is 8.08. The minimum atomic E-state index is -3.89. The van der Waals surface area contributed by atoms with Crippen LogP contribution in [0, 0.1) is 18.6 Å². The number of aryl methyl sites for hydroxylation is 2. The van der Waals surface area contributed by atoms with Crippen LogP contribution in [0.5, 0.6) is 0 Å². The lowest BCUT2D eigenvalue weighted by atomic mass is 9.83. The highest BCUT2D eigenvalue weighted by atomic mass is 32.2. The number of likely N-dealkylation sites (tertiary alicyclic amines) is 2. The van der Waals surface area contributed by atoms with Crippen LogP contribution in [0.1, 0.15) is 92.7 Å². The normalized spacial score (nSPS) is 19.8. The summed E-state index contributed by atoms with van der Waals surface area (Å²) in [5, 5.41) is 7.67. The second-order valence-corrected chi connectivity index (χ2v) is 18.7. The van der Waals surface area contributed by atoms with Crippen molar-refractivity contribution in [2.24, 2.45) is 0 Å². The SMILES string of the molecule is C.Cc1ccc(S(=O)(=O)OC2CCC3(CCN(Cc4ccc(F)cc4)CC3)Nc3ccccc32)cc1.Fc1ccc(CN2CCC3(CCCc4ccccc4N3)CC2)cc1. The van der Waals surface area contributed by atoms with E-state index in [0.29, 0.717) is 6.42 Å². The number of piperidine rings is 2. The third kappa shape index (κ3) is 10.6. The number of para-hydroxylation sites is 2. The fourth-order valence-electron chi connectivity index (χ4n) is 9.37. The van der Waals surface area contributed by atoms with E-state index in [4.69, 9.17) is 4.18 Å². The van der Waals surface area contributed by atoms with Crippen molar-refractivity contribution in [2.45, 2.75) is 107 Å². The van der Waals surface area contributed by atoms with Crippen molar-refractivity contribution in [3.05, 3.63) is 161 Å². The fourth-order valence-corrected chi connectivity index (χ4v) is 10.5. The number of nitrogens with one attached hydrogen (secondary N) is 2. The molecule has 0 bridgehead atoms. The number of benzene rings is 5. The van der Waals surface area contributed by atoms with E-state index >= 15 is 0 Å². The number of fused-ring (bicyclic) bond motifs is 2. The zero-order valence-corrected chi connectivity index (χ0v) is 34.8. The highest BCUT2D eigenvalue weighted by molar-refractivity contribution is 7.86. The second-order valence-electron chi connectivity index (χ2n) is 17.1.